The summed E-state index contributed by atoms with van der Waals surface area (Å²) in [5, 5.41) is 19.2. The molecule has 8 nitrogen and oxygen atoms in total. The Labute approximate surface area is 198 Å². The molecule has 174 valence electrons. The summed E-state index contributed by atoms with van der Waals surface area (Å²) in [6.07, 6.45) is 12.2. The molecule has 5 heterocycles. The number of rotatable bonds is 4. The first kappa shape index (κ1) is 20.2. The minimum atomic E-state index is -0.883. The van der Waals surface area contributed by atoms with Crippen LogP contribution >= 0.6 is 0 Å². The number of aromatic nitrogens is 4. The Morgan fingerprint density at radius 2 is 1.94 bits per heavy atom. The first-order valence-corrected chi connectivity index (χ1v) is 12.4. The molecule has 34 heavy (non-hydrogen) atoms. The lowest BCUT2D eigenvalue weighted by Crippen LogP contribution is -2.60. The number of nitrogens with zero attached hydrogens (tertiary/aromatic N) is 7. The standard InChI is InChI=1S/C26H29N7O/c1-17-11-31(24(34)26(17,14-27)20-3-4-20)22-5-6-28-33-12-18(7-23(22)33)19-10-29-32(13-19)21-8-25(9-21)15-30(2)16-25/h5-7,10,12-13,17,20-21H,3-4,8-9,11,15-16H2,1-2H3/t17-,26+/m1/s1. The molecule has 2 aliphatic heterocycles. The number of carbonyl (C=O) groups is 1. The van der Waals surface area contributed by atoms with Crippen molar-refractivity contribution in [3.8, 4) is 17.2 Å². The summed E-state index contributed by atoms with van der Waals surface area (Å²) < 4.78 is 3.96. The number of likely N-dealkylation sites (tertiary alicyclic amines) is 1. The van der Waals surface area contributed by atoms with Crippen LogP contribution in [-0.4, -0.2) is 56.9 Å². The van der Waals surface area contributed by atoms with Gasteiger partial charge >= 0.3 is 0 Å². The van der Waals surface area contributed by atoms with Gasteiger partial charge in [0.25, 0.3) is 0 Å². The van der Waals surface area contributed by atoms with E-state index in [0.29, 0.717) is 18.0 Å². The SMILES string of the molecule is C[C@@H]1CN(c2ccnn3cc(-c4cnn(C5CC6(C5)CN(C)C6)c4)cc23)C(=O)[C@]1(C#N)C1CC1. The summed E-state index contributed by atoms with van der Waals surface area (Å²) in [4.78, 5) is 17.8. The van der Waals surface area contributed by atoms with Crippen LogP contribution in [0, 0.1) is 34.0 Å². The zero-order valence-corrected chi connectivity index (χ0v) is 19.7. The number of fused-ring (bicyclic) bond motifs is 1. The van der Waals surface area contributed by atoms with Gasteiger partial charge in [0.15, 0.2) is 0 Å². The molecule has 2 saturated carbocycles. The molecule has 8 heteroatoms. The predicted octanol–water partition coefficient (Wildman–Crippen LogP) is 3.37. The summed E-state index contributed by atoms with van der Waals surface area (Å²) in [7, 11) is 2.19. The quantitative estimate of drug-likeness (QED) is 0.602. The van der Waals surface area contributed by atoms with Crippen molar-refractivity contribution in [2.75, 3.05) is 31.6 Å². The molecule has 0 radical (unpaired) electrons. The largest absolute Gasteiger partial charge is 0.309 e. The van der Waals surface area contributed by atoms with E-state index in [-0.39, 0.29) is 17.7 Å². The molecule has 0 bridgehead atoms. The van der Waals surface area contributed by atoms with Crippen LogP contribution in [0.2, 0.25) is 0 Å². The third kappa shape index (κ3) is 2.65. The van der Waals surface area contributed by atoms with Crippen molar-refractivity contribution in [3.63, 3.8) is 0 Å². The molecule has 4 aliphatic rings. The molecule has 4 fully saturated rings. The Kier molecular flexibility index (Phi) is 3.98. The lowest BCUT2D eigenvalue weighted by atomic mass is 9.61. The predicted molar refractivity (Wildman–Crippen MR) is 127 cm³/mol. The fourth-order valence-corrected chi connectivity index (χ4v) is 7.06. The first-order chi connectivity index (χ1) is 16.4. The van der Waals surface area contributed by atoms with Gasteiger partial charge in [-0.1, -0.05) is 6.92 Å². The first-order valence-electron chi connectivity index (χ1n) is 12.4. The van der Waals surface area contributed by atoms with Gasteiger partial charge in [-0.3, -0.25) is 9.48 Å². The minimum absolute atomic E-state index is 0.0135. The van der Waals surface area contributed by atoms with Gasteiger partial charge in [0, 0.05) is 55.3 Å². The van der Waals surface area contributed by atoms with Crippen LogP contribution in [0.1, 0.15) is 38.6 Å². The van der Waals surface area contributed by atoms with Crippen molar-refractivity contribution < 1.29 is 4.79 Å². The fourth-order valence-electron chi connectivity index (χ4n) is 7.06. The van der Waals surface area contributed by atoms with Crippen LogP contribution < -0.4 is 4.90 Å². The second-order valence-corrected chi connectivity index (χ2v) is 11.3. The number of nitriles is 1. The smallest absolute Gasteiger partial charge is 0.248 e. The number of amides is 1. The summed E-state index contributed by atoms with van der Waals surface area (Å²) >= 11 is 0. The highest BCUT2D eigenvalue weighted by atomic mass is 16.2. The molecule has 1 spiro atoms. The number of hydrogen-bond donors (Lipinski definition) is 0. The van der Waals surface area contributed by atoms with Crippen molar-refractivity contribution in [3.05, 3.63) is 36.9 Å². The summed E-state index contributed by atoms with van der Waals surface area (Å²) in [5.41, 5.74) is 3.46. The Morgan fingerprint density at radius 1 is 1.15 bits per heavy atom. The third-order valence-electron chi connectivity index (χ3n) is 8.87. The molecule has 3 aromatic rings. The third-order valence-corrected chi connectivity index (χ3v) is 8.87. The maximum atomic E-state index is 13.5. The van der Waals surface area contributed by atoms with Crippen molar-refractivity contribution in [2.24, 2.45) is 22.7 Å². The zero-order valence-electron chi connectivity index (χ0n) is 19.7. The van der Waals surface area contributed by atoms with Gasteiger partial charge < -0.3 is 9.80 Å². The van der Waals surface area contributed by atoms with Crippen LogP contribution in [0.3, 0.4) is 0 Å². The van der Waals surface area contributed by atoms with Gasteiger partial charge in [-0.2, -0.15) is 15.5 Å². The molecule has 0 N–H and O–H groups in total. The molecular weight excluding hydrogens is 426 g/mol. The maximum absolute atomic E-state index is 13.5. The second-order valence-electron chi connectivity index (χ2n) is 11.3. The lowest BCUT2D eigenvalue weighted by molar-refractivity contribution is -0.124. The maximum Gasteiger partial charge on any atom is 0.248 e. The van der Waals surface area contributed by atoms with Crippen LogP contribution in [0.15, 0.2) is 36.9 Å². The lowest BCUT2D eigenvalue weighted by Gasteiger charge is -2.58. The molecule has 1 amide bonds. The van der Waals surface area contributed by atoms with E-state index in [9.17, 15) is 10.1 Å². The Bertz CT molecular complexity index is 1350. The van der Waals surface area contributed by atoms with E-state index in [4.69, 9.17) is 0 Å². The number of hydrogen-bond acceptors (Lipinski definition) is 5. The summed E-state index contributed by atoms with van der Waals surface area (Å²) in [5.74, 6) is 0.163. The van der Waals surface area contributed by atoms with Crippen LogP contribution in [-0.2, 0) is 4.79 Å². The van der Waals surface area contributed by atoms with Crippen LogP contribution in [0.4, 0.5) is 5.69 Å². The second kappa shape index (κ2) is 6.70. The van der Waals surface area contributed by atoms with Gasteiger partial charge in [-0.05, 0) is 56.2 Å². The number of carbonyl (C=O) groups excluding carboxylic acids is 1. The van der Waals surface area contributed by atoms with E-state index in [1.807, 2.05) is 34.8 Å². The molecule has 2 aliphatic carbocycles. The highest BCUT2D eigenvalue weighted by Gasteiger charge is 2.61. The van der Waals surface area contributed by atoms with E-state index in [0.717, 1.165) is 35.2 Å². The monoisotopic (exact) mass is 455 g/mol. The topological polar surface area (TPSA) is 82.5 Å². The average Bonchev–Trinajstić information content (AvgIpc) is 3.25. The van der Waals surface area contributed by atoms with Crippen molar-refractivity contribution in [1.82, 2.24) is 24.3 Å². The van der Waals surface area contributed by atoms with Crippen molar-refractivity contribution in [2.45, 2.75) is 38.6 Å². The van der Waals surface area contributed by atoms with Gasteiger partial charge in [-0.25, -0.2) is 4.52 Å². The van der Waals surface area contributed by atoms with E-state index >= 15 is 0 Å². The van der Waals surface area contributed by atoms with E-state index in [2.05, 4.69) is 45.2 Å². The number of anilines is 1. The highest BCUT2D eigenvalue weighted by molar-refractivity contribution is 6.05. The van der Waals surface area contributed by atoms with Gasteiger partial charge in [-0.15, -0.1) is 0 Å². The normalized spacial score (nSPS) is 28.9. The van der Waals surface area contributed by atoms with Crippen LogP contribution in [0.25, 0.3) is 16.6 Å². The summed E-state index contributed by atoms with van der Waals surface area (Å²) in [6, 6.07) is 6.91. The zero-order chi connectivity index (χ0) is 23.2. The van der Waals surface area contributed by atoms with E-state index in [1.165, 1.54) is 25.9 Å². The average molecular weight is 456 g/mol. The highest BCUT2D eigenvalue weighted by Crippen LogP contribution is 2.55. The summed E-state index contributed by atoms with van der Waals surface area (Å²) in [6.45, 7) is 5.03. The Hall–Kier alpha value is -3.18. The van der Waals surface area contributed by atoms with Crippen molar-refractivity contribution in [1.29, 1.82) is 5.26 Å². The molecule has 2 atom stereocenters. The van der Waals surface area contributed by atoms with E-state index < -0.39 is 5.41 Å². The van der Waals surface area contributed by atoms with Crippen molar-refractivity contribution >= 4 is 17.1 Å². The van der Waals surface area contributed by atoms with E-state index in [1.54, 1.807) is 6.20 Å². The Morgan fingerprint density at radius 3 is 2.65 bits per heavy atom. The fraction of sp³-hybridized carbons (Fsp3) is 0.538. The van der Waals surface area contributed by atoms with Crippen LogP contribution in [0.5, 0.6) is 0 Å². The minimum Gasteiger partial charge on any atom is -0.309 e. The molecule has 2 saturated heterocycles. The molecule has 3 aromatic heterocycles. The molecule has 0 unspecified atom stereocenters. The molecule has 7 rings (SSSR count). The van der Waals surface area contributed by atoms with Gasteiger partial charge in [0.2, 0.25) is 5.91 Å². The van der Waals surface area contributed by atoms with Gasteiger partial charge in [0.1, 0.15) is 5.41 Å². The Balaban J connectivity index is 1.18. The van der Waals surface area contributed by atoms with Gasteiger partial charge in [0.05, 0.1) is 29.5 Å². The molecule has 0 aromatic carbocycles. The molecular formula is C26H29N7O.